The molecule has 0 aliphatic rings. The Hall–Kier alpha value is -2.11. The standard InChI is InChI=1S/C18H17Cl2FN2O2/c1-12(24)23(11-14-4-2-3-5-17(14)21)9-8-22-18(25)13-6-7-15(19)16(20)10-13/h2-7,10H,8-9,11H2,1H3,(H,22,25). The van der Waals surface area contributed by atoms with Crippen molar-refractivity contribution >= 4 is 35.0 Å². The summed E-state index contributed by atoms with van der Waals surface area (Å²) >= 11 is 11.7. The number of hydrogen-bond donors (Lipinski definition) is 1. The van der Waals surface area contributed by atoms with Crippen LogP contribution in [0.15, 0.2) is 42.5 Å². The summed E-state index contributed by atoms with van der Waals surface area (Å²) in [6.07, 6.45) is 0. The van der Waals surface area contributed by atoms with Crippen molar-refractivity contribution in [3.63, 3.8) is 0 Å². The Labute approximate surface area is 155 Å². The van der Waals surface area contributed by atoms with Crippen LogP contribution in [0.3, 0.4) is 0 Å². The van der Waals surface area contributed by atoms with Crippen LogP contribution in [0, 0.1) is 5.82 Å². The van der Waals surface area contributed by atoms with Crippen LogP contribution in [0.25, 0.3) is 0 Å². The van der Waals surface area contributed by atoms with E-state index in [9.17, 15) is 14.0 Å². The van der Waals surface area contributed by atoms with E-state index in [4.69, 9.17) is 23.2 Å². The van der Waals surface area contributed by atoms with E-state index in [2.05, 4.69) is 5.32 Å². The van der Waals surface area contributed by atoms with Crippen LogP contribution in [0.1, 0.15) is 22.8 Å². The van der Waals surface area contributed by atoms with E-state index in [0.717, 1.165) is 0 Å². The molecule has 7 heteroatoms. The number of nitrogens with one attached hydrogen (secondary N) is 1. The van der Waals surface area contributed by atoms with Gasteiger partial charge >= 0.3 is 0 Å². The minimum Gasteiger partial charge on any atom is -0.350 e. The van der Waals surface area contributed by atoms with Gasteiger partial charge in [0, 0.05) is 37.7 Å². The lowest BCUT2D eigenvalue weighted by Gasteiger charge is -2.21. The Morgan fingerprint density at radius 3 is 2.48 bits per heavy atom. The van der Waals surface area contributed by atoms with Crippen molar-refractivity contribution in [1.29, 1.82) is 0 Å². The summed E-state index contributed by atoms with van der Waals surface area (Å²) in [6, 6.07) is 10.8. The van der Waals surface area contributed by atoms with E-state index in [-0.39, 0.29) is 37.3 Å². The molecule has 0 saturated carbocycles. The van der Waals surface area contributed by atoms with E-state index in [1.165, 1.54) is 24.0 Å². The summed E-state index contributed by atoms with van der Waals surface area (Å²) in [4.78, 5) is 25.3. The van der Waals surface area contributed by atoms with Gasteiger partial charge in [0.1, 0.15) is 5.82 Å². The first-order chi connectivity index (χ1) is 11.9. The lowest BCUT2D eigenvalue weighted by Crippen LogP contribution is -2.37. The predicted octanol–water partition coefficient (Wildman–Crippen LogP) is 3.91. The van der Waals surface area contributed by atoms with Crippen molar-refractivity contribution in [2.45, 2.75) is 13.5 Å². The summed E-state index contributed by atoms with van der Waals surface area (Å²) in [6.45, 7) is 2.04. The molecular weight excluding hydrogens is 366 g/mol. The Kier molecular flexibility index (Phi) is 6.79. The van der Waals surface area contributed by atoms with Crippen molar-refractivity contribution in [3.05, 3.63) is 69.5 Å². The summed E-state index contributed by atoms with van der Waals surface area (Å²) < 4.78 is 13.7. The molecule has 2 aromatic rings. The number of hydrogen-bond acceptors (Lipinski definition) is 2. The van der Waals surface area contributed by atoms with Gasteiger partial charge in [-0.1, -0.05) is 41.4 Å². The molecule has 132 valence electrons. The number of carbonyl (C=O) groups excluding carboxylic acids is 2. The second-order valence-corrected chi connectivity index (χ2v) is 6.23. The lowest BCUT2D eigenvalue weighted by atomic mass is 10.2. The third kappa shape index (κ3) is 5.44. The van der Waals surface area contributed by atoms with Crippen molar-refractivity contribution in [3.8, 4) is 0 Å². The van der Waals surface area contributed by atoms with Crippen molar-refractivity contribution in [2.75, 3.05) is 13.1 Å². The first-order valence-electron chi connectivity index (χ1n) is 7.60. The SMILES string of the molecule is CC(=O)N(CCNC(=O)c1ccc(Cl)c(Cl)c1)Cc1ccccc1F. The zero-order valence-corrected chi connectivity index (χ0v) is 15.1. The maximum Gasteiger partial charge on any atom is 0.251 e. The van der Waals surface area contributed by atoms with Gasteiger partial charge in [0.25, 0.3) is 5.91 Å². The Bertz CT molecular complexity index is 783. The molecule has 1 N–H and O–H groups in total. The van der Waals surface area contributed by atoms with Crippen LogP contribution in [-0.2, 0) is 11.3 Å². The maximum atomic E-state index is 13.7. The van der Waals surface area contributed by atoms with Gasteiger partial charge in [0.05, 0.1) is 10.0 Å². The average Bonchev–Trinajstić information content (AvgIpc) is 2.57. The number of carbonyl (C=O) groups is 2. The summed E-state index contributed by atoms with van der Waals surface area (Å²) in [5.74, 6) is -0.895. The van der Waals surface area contributed by atoms with E-state index < -0.39 is 0 Å². The Balaban J connectivity index is 1.93. The van der Waals surface area contributed by atoms with E-state index in [1.54, 1.807) is 30.3 Å². The van der Waals surface area contributed by atoms with Gasteiger partial charge in [-0.2, -0.15) is 0 Å². The molecule has 0 saturated heterocycles. The fraction of sp³-hybridized carbons (Fsp3) is 0.222. The van der Waals surface area contributed by atoms with Gasteiger partial charge < -0.3 is 10.2 Å². The van der Waals surface area contributed by atoms with Gasteiger partial charge in [0.15, 0.2) is 0 Å². The van der Waals surface area contributed by atoms with Crippen LogP contribution < -0.4 is 5.32 Å². The maximum absolute atomic E-state index is 13.7. The van der Waals surface area contributed by atoms with Gasteiger partial charge in [-0.3, -0.25) is 9.59 Å². The topological polar surface area (TPSA) is 49.4 Å². The zero-order chi connectivity index (χ0) is 18.4. The molecule has 2 aromatic carbocycles. The van der Waals surface area contributed by atoms with Crippen molar-refractivity contribution < 1.29 is 14.0 Å². The quantitative estimate of drug-likeness (QED) is 0.822. The monoisotopic (exact) mass is 382 g/mol. The van der Waals surface area contributed by atoms with Crippen LogP contribution in [0.2, 0.25) is 10.0 Å². The molecular formula is C18H17Cl2FN2O2. The predicted molar refractivity (Wildman–Crippen MR) is 96.3 cm³/mol. The first-order valence-corrected chi connectivity index (χ1v) is 8.36. The van der Waals surface area contributed by atoms with Gasteiger partial charge in [-0.15, -0.1) is 0 Å². The molecule has 0 bridgehead atoms. The molecule has 0 radical (unpaired) electrons. The molecule has 0 aliphatic heterocycles. The van der Waals surface area contributed by atoms with Crippen LogP contribution >= 0.6 is 23.2 Å². The average molecular weight is 383 g/mol. The van der Waals surface area contributed by atoms with Crippen molar-refractivity contribution in [1.82, 2.24) is 10.2 Å². The number of amides is 2. The number of rotatable bonds is 6. The number of halogens is 3. The minimum absolute atomic E-state index is 0.144. The van der Waals surface area contributed by atoms with Crippen molar-refractivity contribution in [2.24, 2.45) is 0 Å². The summed E-state index contributed by atoms with van der Waals surface area (Å²) in [7, 11) is 0. The van der Waals surface area contributed by atoms with Crippen LogP contribution in [0.4, 0.5) is 4.39 Å². The molecule has 25 heavy (non-hydrogen) atoms. The summed E-state index contributed by atoms with van der Waals surface area (Å²) in [5.41, 5.74) is 0.798. The highest BCUT2D eigenvalue weighted by Crippen LogP contribution is 2.22. The highest BCUT2D eigenvalue weighted by molar-refractivity contribution is 6.42. The Morgan fingerprint density at radius 1 is 1.12 bits per heavy atom. The molecule has 0 unspecified atom stereocenters. The van der Waals surface area contributed by atoms with Crippen LogP contribution in [0.5, 0.6) is 0 Å². The highest BCUT2D eigenvalue weighted by Gasteiger charge is 2.13. The van der Waals surface area contributed by atoms with Gasteiger partial charge in [-0.05, 0) is 24.3 Å². The molecule has 0 aromatic heterocycles. The van der Waals surface area contributed by atoms with E-state index >= 15 is 0 Å². The molecule has 2 rings (SSSR count). The number of nitrogens with zero attached hydrogens (tertiary/aromatic N) is 1. The highest BCUT2D eigenvalue weighted by atomic mass is 35.5. The molecule has 0 atom stereocenters. The second kappa shape index (κ2) is 8.83. The summed E-state index contributed by atoms with van der Waals surface area (Å²) in [5, 5.41) is 3.36. The van der Waals surface area contributed by atoms with E-state index in [0.29, 0.717) is 21.2 Å². The number of benzene rings is 2. The molecule has 0 heterocycles. The minimum atomic E-state index is -0.367. The molecule has 0 spiro atoms. The third-order valence-electron chi connectivity index (χ3n) is 3.61. The zero-order valence-electron chi connectivity index (χ0n) is 13.6. The van der Waals surface area contributed by atoms with Gasteiger partial charge in [0.2, 0.25) is 5.91 Å². The lowest BCUT2D eigenvalue weighted by molar-refractivity contribution is -0.129. The third-order valence-corrected chi connectivity index (χ3v) is 4.35. The molecule has 2 amide bonds. The normalized spacial score (nSPS) is 10.4. The molecule has 4 nitrogen and oxygen atoms in total. The van der Waals surface area contributed by atoms with Crippen LogP contribution in [-0.4, -0.2) is 29.8 Å². The Morgan fingerprint density at radius 2 is 1.84 bits per heavy atom. The second-order valence-electron chi connectivity index (χ2n) is 5.42. The fourth-order valence-corrected chi connectivity index (χ4v) is 2.52. The smallest absolute Gasteiger partial charge is 0.251 e. The largest absolute Gasteiger partial charge is 0.350 e. The molecule has 0 fully saturated rings. The van der Waals surface area contributed by atoms with Gasteiger partial charge in [-0.25, -0.2) is 4.39 Å². The molecule has 0 aliphatic carbocycles. The van der Waals surface area contributed by atoms with E-state index in [1.807, 2.05) is 0 Å². The fourth-order valence-electron chi connectivity index (χ4n) is 2.22. The first kappa shape index (κ1) is 19.2.